The van der Waals surface area contributed by atoms with E-state index in [1.54, 1.807) is 33.3 Å². The third-order valence-corrected chi connectivity index (χ3v) is 3.92. The summed E-state index contributed by atoms with van der Waals surface area (Å²) in [6, 6.07) is 11.7. The minimum absolute atomic E-state index is 0.187. The molecule has 1 aromatic heterocycles. The number of aryl methyl sites for hydroxylation is 1. The van der Waals surface area contributed by atoms with Gasteiger partial charge < -0.3 is 15.3 Å². The Kier molecular flexibility index (Phi) is 6.15. The molecule has 0 saturated carbocycles. The number of benzene rings is 1. The number of aliphatic hydroxyl groups is 1. The molecule has 1 heterocycles. The van der Waals surface area contributed by atoms with Crippen molar-refractivity contribution in [2.75, 3.05) is 13.6 Å². The van der Waals surface area contributed by atoms with Gasteiger partial charge in [0.05, 0.1) is 18.2 Å². The average molecular weight is 341 g/mol. The smallest absolute Gasteiger partial charge is 0.317 e. The molecule has 5 nitrogen and oxygen atoms in total. The molecule has 0 bridgehead atoms. The van der Waals surface area contributed by atoms with E-state index in [4.69, 9.17) is 0 Å². The van der Waals surface area contributed by atoms with Crippen LogP contribution in [0.5, 0.6) is 0 Å². The summed E-state index contributed by atoms with van der Waals surface area (Å²) in [7, 11) is 1.68. The van der Waals surface area contributed by atoms with E-state index in [-0.39, 0.29) is 18.6 Å². The summed E-state index contributed by atoms with van der Waals surface area (Å²) < 4.78 is 0. The maximum absolute atomic E-state index is 12.5. The highest BCUT2D eigenvalue weighted by molar-refractivity contribution is 5.74. The van der Waals surface area contributed by atoms with E-state index in [1.165, 1.54) is 10.5 Å². The van der Waals surface area contributed by atoms with Crippen LogP contribution in [0, 0.1) is 6.92 Å². The number of hydrogen-bond donors (Lipinski definition) is 2. The van der Waals surface area contributed by atoms with Crippen molar-refractivity contribution < 1.29 is 9.90 Å². The SMILES string of the molecule is Cc1ccc(C[C@H](NC(=O)N(C)CC(C)(C)O)c2cccnc2)cc1. The summed E-state index contributed by atoms with van der Waals surface area (Å²) in [4.78, 5) is 18.2. The molecule has 25 heavy (non-hydrogen) atoms. The first-order valence-corrected chi connectivity index (χ1v) is 8.44. The molecular weight excluding hydrogens is 314 g/mol. The summed E-state index contributed by atoms with van der Waals surface area (Å²) in [5, 5.41) is 13.0. The van der Waals surface area contributed by atoms with Crippen LogP contribution in [0.2, 0.25) is 0 Å². The number of carbonyl (C=O) groups is 1. The lowest BCUT2D eigenvalue weighted by molar-refractivity contribution is 0.0527. The lowest BCUT2D eigenvalue weighted by atomic mass is 9.99. The monoisotopic (exact) mass is 341 g/mol. The second kappa shape index (κ2) is 8.12. The molecule has 0 unspecified atom stereocenters. The number of aromatic nitrogens is 1. The van der Waals surface area contributed by atoms with Crippen molar-refractivity contribution in [2.45, 2.75) is 38.8 Å². The number of nitrogens with zero attached hydrogens (tertiary/aromatic N) is 2. The van der Waals surface area contributed by atoms with E-state index >= 15 is 0 Å². The van der Waals surface area contributed by atoms with Crippen LogP contribution >= 0.6 is 0 Å². The van der Waals surface area contributed by atoms with E-state index in [2.05, 4.69) is 41.5 Å². The first kappa shape index (κ1) is 18.9. The van der Waals surface area contributed by atoms with E-state index in [1.807, 2.05) is 12.1 Å². The van der Waals surface area contributed by atoms with Crippen LogP contribution in [-0.4, -0.2) is 40.2 Å². The van der Waals surface area contributed by atoms with E-state index in [0.717, 1.165) is 11.1 Å². The zero-order valence-electron chi connectivity index (χ0n) is 15.4. The Labute approximate surface area is 149 Å². The number of carbonyl (C=O) groups excluding carboxylic acids is 1. The lowest BCUT2D eigenvalue weighted by Crippen LogP contribution is -2.46. The maximum atomic E-state index is 12.5. The Hall–Kier alpha value is -2.40. The van der Waals surface area contributed by atoms with Gasteiger partial charge in [0.25, 0.3) is 0 Å². The largest absolute Gasteiger partial charge is 0.389 e. The van der Waals surface area contributed by atoms with Crippen molar-refractivity contribution in [2.24, 2.45) is 0 Å². The molecule has 1 aromatic carbocycles. The van der Waals surface area contributed by atoms with Crippen molar-refractivity contribution >= 4 is 6.03 Å². The fraction of sp³-hybridized carbons (Fsp3) is 0.400. The third kappa shape index (κ3) is 6.19. The number of nitrogens with one attached hydrogen (secondary N) is 1. The Bertz CT molecular complexity index is 678. The van der Waals surface area contributed by atoms with Gasteiger partial charge in [-0.25, -0.2) is 4.79 Å². The van der Waals surface area contributed by atoms with E-state index < -0.39 is 5.60 Å². The number of rotatable bonds is 6. The van der Waals surface area contributed by atoms with Crippen molar-refractivity contribution in [1.82, 2.24) is 15.2 Å². The predicted molar refractivity (Wildman–Crippen MR) is 99.3 cm³/mol. The minimum atomic E-state index is -0.938. The maximum Gasteiger partial charge on any atom is 0.317 e. The third-order valence-electron chi connectivity index (χ3n) is 3.92. The van der Waals surface area contributed by atoms with Gasteiger partial charge >= 0.3 is 6.03 Å². The molecule has 0 aliphatic carbocycles. The van der Waals surface area contributed by atoms with Crippen LogP contribution in [0.3, 0.4) is 0 Å². The highest BCUT2D eigenvalue weighted by Crippen LogP contribution is 2.19. The number of amides is 2. The molecule has 0 saturated heterocycles. The van der Waals surface area contributed by atoms with Gasteiger partial charge in [0, 0.05) is 19.4 Å². The van der Waals surface area contributed by atoms with Crippen LogP contribution in [0.25, 0.3) is 0 Å². The molecule has 0 radical (unpaired) electrons. The number of likely N-dealkylation sites (N-methyl/N-ethyl adjacent to an activating group) is 1. The average Bonchev–Trinajstić information content (AvgIpc) is 2.55. The van der Waals surface area contributed by atoms with Gasteiger partial charge in [0.15, 0.2) is 0 Å². The van der Waals surface area contributed by atoms with Gasteiger partial charge in [-0.2, -0.15) is 0 Å². The molecular formula is C20H27N3O2. The van der Waals surface area contributed by atoms with Crippen molar-refractivity contribution in [3.63, 3.8) is 0 Å². The molecule has 2 amide bonds. The zero-order chi connectivity index (χ0) is 18.4. The van der Waals surface area contributed by atoms with Crippen molar-refractivity contribution in [3.8, 4) is 0 Å². The van der Waals surface area contributed by atoms with Gasteiger partial charge in [-0.05, 0) is 44.4 Å². The predicted octanol–water partition coefficient (Wildman–Crippen LogP) is 3.09. The second-order valence-corrected chi connectivity index (χ2v) is 7.15. The molecule has 0 aliphatic heterocycles. The summed E-state index contributed by atoms with van der Waals surface area (Å²) >= 11 is 0. The lowest BCUT2D eigenvalue weighted by Gasteiger charge is -2.28. The summed E-state index contributed by atoms with van der Waals surface area (Å²) in [6.45, 7) is 5.67. The Morgan fingerprint density at radius 3 is 2.52 bits per heavy atom. The van der Waals surface area contributed by atoms with Gasteiger partial charge in [0.2, 0.25) is 0 Å². The summed E-state index contributed by atoms with van der Waals surface area (Å²) in [5.41, 5.74) is 2.36. The summed E-state index contributed by atoms with van der Waals surface area (Å²) in [6.07, 6.45) is 4.16. The standard InChI is InChI=1S/C20H27N3O2/c1-15-7-9-16(10-8-15)12-18(17-6-5-11-21-13-17)22-19(24)23(4)14-20(2,3)25/h5-11,13,18,25H,12,14H2,1-4H3,(H,22,24)/t18-/m0/s1. The first-order valence-electron chi connectivity index (χ1n) is 8.44. The topological polar surface area (TPSA) is 65.5 Å². The highest BCUT2D eigenvalue weighted by Gasteiger charge is 2.22. The van der Waals surface area contributed by atoms with Crippen molar-refractivity contribution in [3.05, 3.63) is 65.5 Å². The van der Waals surface area contributed by atoms with E-state index in [9.17, 15) is 9.90 Å². The normalized spacial score (nSPS) is 12.5. The highest BCUT2D eigenvalue weighted by atomic mass is 16.3. The molecule has 0 fully saturated rings. The van der Waals surface area contributed by atoms with Crippen LogP contribution < -0.4 is 5.32 Å². The van der Waals surface area contributed by atoms with Crippen LogP contribution in [-0.2, 0) is 6.42 Å². The number of pyridine rings is 1. The molecule has 2 rings (SSSR count). The fourth-order valence-corrected chi connectivity index (χ4v) is 2.71. The van der Waals surface area contributed by atoms with Crippen molar-refractivity contribution in [1.29, 1.82) is 0 Å². The summed E-state index contributed by atoms with van der Waals surface area (Å²) in [5.74, 6) is 0. The fourth-order valence-electron chi connectivity index (χ4n) is 2.71. The molecule has 134 valence electrons. The molecule has 1 atom stereocenters. The quantitative estimate of drug-likeness (QED) is 0.848. The van der Waals surface area contributed by atoms with Gasteiger partial charge in [-0.3, -0.25) is 4.98 Å². The minimum Gasteiger partial charge on any atom is -0.389 e. The van der Waals surface area contributed by atoms with Gasteiger partial charge in [-0.15, -0.1) is 0 Å². The number of urea groups is 1. The van der Waals surface area contributed by atoms with Crippen LogP contribution in [0.15, 0.2) is 48.8 Å². The van der Waals surface area contributed by atoms with Crippen LogP contribution in [0.4, 0.5) is 4.79 Å². The second-order valence-electron chi connectivity index (χ2n) is 7.15. The van der Waals surface area contributed by atoms with Crippen LogP contribution in [0.1, 0.15) is 36.6 Å². The molecule has 5 heteroatoms. The Balaban J connectivity index is 2.14. The first-order chi connectivity index (χ1) is 11.7. The Morgan fingerprint density at radius 2 is 1.96 bits per heavy atom. The molecule has 0 spiro atoms. The Morgan fingerprint density at radius 1 is 1.28 bits per heavy atom. The van der Waals surface area contributed by atoms with E-state index in [0.29, 0.717) is 6.42 Å². The number of hydrogen-bond acceptors (Lipinski definition) is 3. The molecule has 2 N–H and O–H groups in total. The zero-order valence-corrected chi connectivity index (χ0v) is 15.4. The van der Waals surface area contributed by atoms with Gasteiger partial charge in [-0.1, -0.05) is 35.9 Å². The molecule has 0 aliphatic rings. The molecule has 2 aromatic rings. The van der Waals surface area contributed by atoms with Gasteiger partial charge in [0.1, 0.15) is 0 Å².